The van der Waals surface area contributed by atoms with E-state index < -0.39 is 0 Å². The van der Waals surface area contributed by atoms with Crippen LogP contribution in [0.3, 0.4) is 0 Å². The maximum absolute atomic E-state index is 2.52. The third-order valence-electron chi connectivity index (χ3n) is 8.95. The molecule has 218 valence electrons. The van der Waals surface area contributed by atoms with Gasteiger partial charge >= 0.3 is 266 Å². The third kappa shape index (κ3) is 5.57. The molecule has 42 heavy (non-hydrogen) atoms. The fourth-order valence-electron chi connectivity index (χ4n) is 6.20. The van der Waals surface area contributed by atoms with Crippen molar-refractivity contribution in [2.45, 2.75) is 38.5 Å². The van der Waals surface area contributed by atoms with E-state index in [4.69, 9.17) is 0 Å². The molecule has 0 bridgehead atoms. The van der Waals surface area contributed by atoms with Gasteiger partial charge < -0.3 is 0 Å². The Morgan fingerprint density at radius 1 is 0.476 bits per heavy atom. The van der Waals surface area contributed by atoms with Crippen molar-refractivity contribution < 1.29 is 19.4 Å². The minimum atomic E-state index is -0.0732. The number of hydrogen-bond acceptors (Lipinski definition) is 4. The Morgan fingerprint density at radius 2 is 0.762 bits per heavy atom. The second-order valence-corrected chi connectivity index (χ2v) is 13.8. The molecule has 7 heteroatoms. The van der Waals surface area contributed by atoms with Gasteiger partial charge in [-0.15, -0.1) is 0 Å². The summed E-state index contributed by atoms with van der Waals surface area (Å²) in [4.78, 5) is 9.62. The summed E-state index contributed by atoms with van der Waals surface area (Å²) in [5.41, 5.74) is 7.52. The fourth-order valence-corrected chi connectivity index (χ4v) is 7.39. The van der Waals surface area contributed by atoms with E-state index in [0.29, 0.717) is 0 Å². The molecule has 0 spiro atoms. The summed E-state index contributed by atoms with van der Waals surface area (Å²) in [6.07, 6.45) is 0. The van der Waals surface area contributed by atoms with Crippen LogP contribution in [0.1, 0.15) is 49.9 Å². The van der Waals surface area contributed by atoms with E-state index >= 15 is 0 Å². The molecule has 0 amide bonds. The van der Waals surface area contributed by atoms with Crippen LogP contribution in [0.4, 0.5) is 11.4 Å². The predicted molar refractivity (Wildman–Crippen MR) is 179 cm³/mol. The van der Waals surface area contributed by atoms with Crippen molar-refractivity contribution in [2.75, 3.05) is 37.8 Å². The molecule has 1 aliphatic heterocycles. The molecule has 0 aromatic heterocycles. The van der Waals surface area contributed by atoms with E-state index in [9.17, 15) is 0 Å². The molecular weight excluding hydrogens is 693 g/mol. The number of benzene rings is 4. The van der Waals surface area contributed by atoms with Crippen molar-refractivity contribution in [3.63, 3.8) is 0 Å². The molecule has 0 N–H and O–H groups in total. The Hall–Kier alpha value is -2.91. The summed E-state index contributed by atoms with van der Waals surface area (Å²) >= 11 is 2.52. The van der Waals surface area contributed by atoms with Crippen molar-refractivity contribution >= 4 is 29.3 Å². The molecule has 0 aliphatic carbocycles. The van der Waals surface area contributed by atoms with Gasteiger partial charge in [-0.25, -0.2) is 0 Å². The molecule has 0 radical (unpaired) electrons. The molecule has 5 rings (SSSR count). The van der Waals surface area contributed by atoms with Gasteiger partial charge in [0.15, 0.2) is 0 Å². The van der Waals surface area contributed by atoms with Gasteiger partial charge in [0.05, 0.1) is 0 Å². The maximum atomic E-state index is 2.52. The Labute approximate surface area is 265 Å². The Morgan fingerprint density at radius 3 is 1.05 bits per heavy atom. The number of nitrogens with zero attached hydrogens (tertiary/aromatic N) is 4. The fraction of sp³-hybridized carbons (Fsp3) is 0.286. The number of anilines is 2. The first-order valence-corrected chi connectivity index (χ1v) is 15.8. The van der Waals surface area contributed by atoms with Crippen LogP contribution in [0.5, 0.6) is 0 Å². The van der Waals surface area contributed by atoms with Crippen molar-refractivity contribution in [3.05, 3.63) is 131 Å². The van der Waals surface area contributed by atoms with Crippen molar-refractivity contribution in [3.8, 4) is 0 Å². The second kappa shape index (κ2) is 12.0. The third-order valence-corrected chi connectivity index (χ3v) is 10.0. The van der Waals surface area contributed by atoms with Crippen LogP contribution in [-0.2, 0) is 30.2 Å². The van der Waals surface area contributed by atoms with Gasteiger partial charge in [-0.3, -0.25) is 0 Å². The predicted octanol–water partition coefficient (Wildman–Crippen LogP) is 6.48. The zero-order valence-electron chi connectivity index (χ0n) is 26.2. The molecule has 4 aromatic rings. The first kappa shape index (κ1) is 30.5. The molecule has 0 unspecified atom stereocenters. The quantitative estimate of drug-likeness (QED) is 0.193. The number of rotatable bonds is 8. The zero-order valence-corrected chi connectivity index (χ0v) is 28.4. The summed E-state index contributed by atoms with van der Waals surface area (Å²) in [5, 5.41) is 0. The van der Waals surface area contributed by atoms with E-state index in [0.717, 1.165) is 0 Å². The average Bonchev–Trinajstić information content (AvgIpc) is 3.31. The van der Waals surface area contributed by atoms with Gasteiger partial charge in [0.25, 0.3) is 0 Å². The molecule has 1 fully saturated rings. The SMILES string of the molecule is CN(C)B1B(N(C)C)N(c2ccc(C(C)(C)c3ccccc3)cc2)[C](=[Pt])N1c1ccc(C(C)(C)c2ccccc2)cc1. The van der Waals surface area contributed by atoms with Gasteiger partial charge in [0.2, 0.25) is 0 Å². The van der Waals surface area contributed by atoms with Crippen LogP contribution in [0.25, 0.3) is 0 Å². The normalized spacial score (nSPS) is 14.5. The topological polar surface area (TPSA) is 13.0 Å². The first-order chi connectivity index (χ1) is 19.9. The van der Waals surface area contributed by atoms with E-state index in [2.05, 4.69) is 204 Å². The zero-order chi connectivity index (χ0) is 30.2. The monoisotopic (exact) mass is 735 g/mol. The molecule has 4 aromatic carbocycles. The Balaban J connectivity index is 1.49. The summed E-state index contributed by atoms with van der Waals surface area (Å²) < 4.78 is 1.19. The molecule has 0 saturated carbocycles. The van der Waals surface area contributed by atoms with Gasteiger partial charge in [-0.1, -0.05) is 0 Å². The Kier molecular flexibility index (Phi) is 8.72. The molecule has 4 nitrogen and oxygen atoms in total. The van der Waals surface area contributed by atoms with Crippen LogP contribution >= 0.6 is 0 Å². The van der Waals surface area contributed by atoms with Crippen molar-refractivity contribution in [2.24, 2.45) is 0 Å². The van der Waals surface area contributed by atoms with Crippen LogP contribution < -0.4 is 9.62 Å². The summed E-state index contributed by atoms with van der Waals surface area (Å²) in [6, 6.07) is 39.9. The minimum absolute atomic E-state index is 0.0732. The second-order valence-electron chi connectivity index (χ2n) is 12.8. The van der Waals surface area contributed by atoms with Crippen LogP contribution in [-0.4, -0.2) is 55.7 Å². The van der Waals surface area contributed by atoms with E-state index in [1.807, 2.05) is 0 Å². The van der Waals surface area contributed by atoms with E-state index in [1.165, 1.54) is 37.8 Å². The van der Waals surface area contributed by atoms with Gasteiger partial charge in [0, 0.05) is 0 Å². The van der Waals surface area contributed by atoms with Gasteiger partial charge in [-0.2, -0.15) is 0 Å². The van der Waals surface area contributed by atoms with Gasteiger partial charge in [0.1, 0.15) is 0 Å². The number of hydrogen-bond donors (Lipinski definition) is 0. The van der Waals surface area contributed by atoms with Crippen LogP contribution in [0.2, 0.25) is 0 Å². The van der Waals surface area contributed by atoms with E-state index in [-0.39, 0.29) is 24.6 Å². The van der Waals surface area contributed by atoms with Crippen LogP contribution in [0.15, 0.2) is 109 Å². The average molecular weight is 735 g/mol. The summed E-state index contributed by atoms with van der Waals surface area (Å²) in [6.45, 7) is 9.47. The first-order valence-electron chi connectivity index (χ1n) is 14.7. The standard InChI is InChI=1S/C35H42B2N4.Pt/c1-34(2,28-15-11-9-12-16-28)30-19-23-32(24-20-30)40-27-41(37(39(7)8)36(40)38(5)6)33-25-21-31(22-26-33)35(3,4)29-17-13-10-14-18-29;/h9-26H,1-8H3;. The van der Waals surface area contributed by atoms with Crippen molar-refractivity contribution in [1.82, 2.24) is 9.62 Å². The molecule has 1 heterocycles. The van der Waals surface area contributed by atoms with Gasteiger partial charge in [-0.05, 0) is 0 Å². The summed E-state index contributed by atoms with van der Waals surface area (Å²) in [7, 11) is 8.72. The van der Waals surface area contributed by atoms with Crippen LogP contribution in [0, 0.1) is 0 Å². The molecular formula is C35H42B2N4Pt. The molecule has 1 saturated heterocycles. The molecule has 0 atom stereocenters. The Bertz CT molecular complexity index is 1390. The van der Waals surface area contributed by atoms with Crippen molar-refractivity contribution in [1.29, 1.82) is 0 Å². The summed E-state index contributed by atoms with van der Waals surface area (Å²) in [5.74, 6) is 0. The van der Waals surface area contributed by atoms with E-state index in [1.54, 1.807) is 0 Å². The molecule has 1 aliphatic rings.